The second-order valence-electron chi connectivity index (χ2n) is 3.61. The summed E-state index contributed by atoms with van der Waals surface area (Å²) in [7, 11) is 1.81. The third-order valence-electron chi connectivity index (χ3n) is 2.40. The zero-order valence-corrected chi connectivity index (χ0v) is 9.59. The van der Waals surface area contributed by atoms with Gasteiger partial charge in [0.1, 0.15) is 5.69 Å². The molecule has 8 heteroatoms. The molecular formula is C10H10N8. The molecule has 0 aromatic carbocycles. The molecule has 3 rings (SSSR count). The molecule has 0 saturated carbocycles. The van der Waals surface area contributed by atoms with Crippen molar-refractivity contribution in [3.05, 3.63) is 30.7 Å². The molecule has 18 heavy (non-hydrogen) atoms. The van der Waals surface area contributed by atoms with E-state index in [1.54, 1.807) is 29.3 Å². The van der Waals surface area contributed by atoms with Crippen molar-refractivity contribution >= 4 is 5.95 Å². The second-order valence-corrected chi connectivity index (χ2v) is 3.61. The maximum atomic E-state index is 5.69. The van der Waals surface area contributed by atoms with Crippen LogP contribution in [0.1, 0.15) is 0 Å². The summed E-state index contributed by atoms with van der Waals surface area (Å²) in [5.74, 6) is 0.989. The SMILES string of the molecule is Cn1nccc1-c1nc(N)nc(-n2cccn2)n1. The summed E-state index contributed by atoms with van der Waals surface area (Å²) in [6.45, 7) is 0. The van der Waals surface area contributed by atoms with Gasteiger partial charge in [0.15, 0.2) is 5.82 Å². The lowest BCUT2D eigenvalue weighted by Crippen LogP contribution is -2.09. The van der Waals surface area contributed by atoms with Gasteiger partial charge in [-0.25, -0.2) is 4.68 Å². The van der Waals surface area contributed by atoms with Crippen molar-refractivity contribution in [2.45, 2.75) is 0 Å². The molecule has 0 aliphatic heterocycles. The smallest absolute Gasteiger partial charge is 0.255 e. The van der Waals surface area contributed by atoms with Crippen molar-refractivity contribution in [1.82, 2.24) is 34.5 Å². The van der Waals surface area contributed by atoms with Gasteiger partial charge in [-0.2, -0.15) is 25.1 Å². The molecule has 0 unspecified atom stereocenters. The highest BCUT2D eigenvalue weighted by molar-refractivity contribution is 5.51. The third-order valence-corrected chi connectivity index (χ3v) is 2.40. The predicted molar refractivity (Wildman–Crippen MR) is 63.6 cm³/mol. The van der Waals surface area contributed by atoms with E-state index >= 15 is 0 Å². The maximum absolute atomic E-state index is 5.69. The first kappa shape index (κ1) is 10.4. The van der Waals surface area contributed by atoms with Crippen LogP contribution in [0.25, 0.3) is 17.5 Å². The number of hydrogen-bond acceptors (Lipinski definition) is 6. The molecule has 8 nitrogen and oxygen atoms in total. The molecule has 3 heterocycles. The van der Waals surface area contributed by atoms with Crippen LogP contribution in [0.4, 0.5) is 5.95 Å². The molecule has 0 aliphatic carbocycles. The maximum Gasteiger partial charge on any atom is 0.255 e. The number of aryl methyl sites for hydroxylation is 1. The van der Waals surface area contributed by atoms with Gasteiger partial charge >= 0.3 is 0 Å². The normalized spacial score (nSPS) is 10.7. The van der Waals surface area contributed by atoms with Gasteiger partial charge in [-0.05, 0) is 12.1 Å². The minimum atomic E-state index is 0.145. The van der Waals surface area contributed by atoms with Gasteiger partial charge in [-0.15, -0.1) is 0 Å². The Morgan fingerprint density at radius 3 is 2.67 bits per heavy atom. The molecule has 2 N–H and O–H groups in total. The molecule has 3 aromatic heterocycles. The van der Waals surface area contributed by atoms with Crippen LogP contribution in [-0.4, -0.2) is 34.5 Å². The Balaban J connectivity index is 2.15. The number of rotatable bonds is 2. The Morgan fingerprint density at radius 2 is 2.00 bits per heavy atom. The van der Waals surface area contributed by atoms with E-state index in [-0.39, 0.29) is 5.95 Å². The number of nitrogens with two attached hydrogens (primary N) is 1. The van der Waals surface area contributed by atoms with Crippen LogP contribution in [0.5, 0.6) is 0 Å². The lowest BCUT2D eigenvalue weighted by Gasteiger charge is -2.04. The van der Waals surface area contributed by atoms with E-state index in [0.29, 0.717) is 11.8 Å². The molecule has 0 aliphatic rings. The lowest BCUT2D eigenvalue weighted by molar-refractivity contribution is 0.760. The van der Waals surface area contributed by atoms with Crippen molar-refractivity contribution in [2.75, 3.05) is 5.73 Å². The molecule has 90 valence electrons. The first-order valence-corrected chi connectivity index (χ1v) is 5.24. The van der Waals surface area contributed by atoms with E-state index in [9.17, 15) is 0 Å². The van der Waals surface area contributed by atoms with Crippen molar-refractivity contribution in [3.8, 4) is 17.5 Å². The number of nitrogen functional groups attached to an aromatic ring is 1. The highest BCUT2D eigenvalue weighted by atomic mass is 15.4. The molecular weight excluding hydrogens is 232 g/mol. The first-order valence-electron chi connectivity index (χ1n) is 5.24. The van der Waals surface area contributed by atoms with Crippen LogP contribution in [0.2, 0.25) is 0 Å². The number of anilines is 1. The van der Waals surface area contributed by atoms with Crippen LogP contribution in [-0.2, 0) is 7.05 Å². The molecule has 0 atom stereocenters. The largest absolute Gasteiger partial charge is 0.368 e. The summed E-state index contributed by atoms with van der Waals surface area (Å²) in [4.78, 5) is 12.5. The molecule has 0 saturated heterocycles. The van der Waals surface area contributed by atoms with Gasteiger partial charge < -0.3 is 5.73 Å². The standard InChI is InChI=1S/C10H10N8/c1-17-7(3-5-12-17)8-14-9(11)16-10(15-8)18-6-2-4-13-18/h2-6H,1H3,(H2,11,14,15,16). The van der Waals surface area contributed by atoms with Gasteiger partial charge in [0.05, 0.1) is 0 Å². The van der Waals surface area contributed by atoms with Crippen LogP contribution >= 0.6 is 0 Å². The fourth-order valence-electron chi connectivity index (χ4n) is 1.58. The van der Waals surface area contributed by atoms with E-state index in [1.807, 2.05) is 13.1 Å². The molecule has 0 spiro atoms. The van der Waals surface area contributed by atoms with Crippen LogP contribution < -0.4 is 5.73 Å². The molecule has 0 fully saturated rings. The number of aromatic nitrogens is 7. The Bertz CT molecular complexity index is 669. The van der Waals surface area contributed by atoms with Crippen LogP contribution in [0, 0.1) is 0 Å². The van der Waals surface area contributed by atoms with Crippen LogP contribution in [0.15, 0.2) is 30.7 Å². The van der Waals surface area contributed by atoms with Crippen molar-refractivity contribution in [2.24, 2.45) is 7.05 Å². The molecule has 0 radical (unpaired) electrons. The summed E-state index contributed by atoms with van der Waals surface area (Å²) >= 11 is 0. The predicted octanol–water partition coefficient (Wildman–Crippen LogP) is 0.0400. The highest BCUT2D eigenvalue weighted by Crippen LogP contribution is 2.14. The minimum absolute atomic E-state index is 0.145. The van der Waals surface area contributed by atoms with E-state index in [0.717, 1.165) is 5.69 Å². The Kier molecular flexibility index (Phi) is 2.26. The monoisotopic (exact) mass is 242 g/mol. The summed E-state index contributed by atoms with van der Waals surface area (Å²) in [5, 5.41) is 8.13. The average molecular weight is 242 g/mol. The minimum Gasteiger partial charge on any atom is -0.368 e. The third kappa shape index (κ3) is 1.69. The van der Waals surface area contributed by atoms with Gasteiger partial charge in [0.25, 0.3) is 5.95 Å². The molecule has 0 bridgehead atoms. The number of hydrogen-bond donors (Lipinski definition) is 1. The number of nitrogens with zero attached hydrogens (tertiary/aromatic N) is 7. The topological polar surface area (TPSA) is 100 Å². The average Bonchev–Trinajstić information content (AvgIpc) is 2.98. The molecule has 3 aromatic rings. The van der Waals surface area contributed by atoms with Gasteiger partial charge in [-0.3, -0.25) is 4.68 Å². The summed E-state index contributed by atoms with van der Waals surface area (Å²) in [6, 6.07) is 3.59. The molecule has 0 amide bonds. The Labute approximate surface area is 102 Å². The van der Waals surface area contributed by atoms with Crippen molar-refractivity contribution in [3.63, 3.8) is 0 Å². The van der Waals surface area contributed by atoms with Gasteiger partial charge in [0.2, 0.25) is 5.95 Å². The van der Waals surface area contributed by atoms with E-state index in [4.69, 9.17) is 5.73 Å². The van der Waals surface area contributed by atoms with Crippen molar-refractivity contribution < 1.29 is 0 Å². The summed E-state index contributed by atoms with van der Waals surface area (Å²) < 4.78 is 3.19. The highest BCUT2D eigenvalue weighted by Gasteiger charge is 2.11. The summed E-state index contributed by atoms with van der Waals surface area (Å²) in [6.07, 6.45) is 5.05. The van der Waals surface area contributed by atoms with E-state index < -0.39 is 0 Å². The zero-order chi connectivity index (χ0) is 12.5. The fraction of sp³-hybridized carbons (Fsp3) is 0.100. The van der Waals surface area contributed by atoms with Gasteiger partial charge in [-0.1, -0.05) is 0 Å². The second kappa shape index (κ2) is 3.91. The lowest BCUT2D eigenvalue weighted by atomic mass is 10.4. The fourth-order valence-corrected chi connectivity index (χ4v) is 1.58. The first-order chi connectivity index (χ1) is 8.74. The summed E-state index contributed by atoms with van der Waals surface area (Å²) in [5.41, 5.74) is 6.45. The Morgan fingerprint density at radius 1 is 1.11 bits per heavy atom. The van der Waals surface area contributed by atoms with Gasteiger partial charge in [0, 0.05) is 25.6 Å². The quantitative estimate of drug-likeness (QED) is 0.681. The zero-order valence-electron chi connectivity index (χ0n) is 9.59. The van der Waals surface area contributed by atoms with E-state index in [2.05, 4.69) is 25.1 Å². The Hall–Kier alpha value is -2.77. The van der Waals surface area contributed by atoms with Crippen LogP contribution in [0.3, 0.4) is 0 Å². The van der Waals surface area contributed by atoms with Crippen molar-refractivity contribution in [1.29, 1.82) is 0 Å². The van der Waals surface area contributed by atoms with E-state index in [1.165, 1.54) is 4.68 Å².